The van der Waals surface area contributed by atoms with Gasteiger partial charge < -0.3 is 18.6 Å². The molecular weight excluding hydrogens is 410 g/mol. The molecule has 0 bridgehead atoms. The Bertz CT molecular complexity index is 1290. The highest BCUT2D eigenvalue weighted by Gasteiger charge is 2.19. The maximum Gasteiger partial charge on any atom is 0.352 e. The zero-order valence-electron chi connectivity index (χ0n) is 18.3. The monoisotopic (exact) mass is 435 g/mol. The molecule has 0 N–H and O–H groups in total. The first-order chi connectivity index (χ1) is 15.5. The highest BCUT2D eigenvalue weighted by atomic mass is 16.5. The summed E-state index contributed by atoms with van der Waals surface area (Å²) in [6.45, 7) is 4.84. The van der Waals surface area contributed by atoms with Crippen LogP contribution < -0.4 is 10.4 Å². The van der Waals surface area contributed by atoms with Crippen molar-refractivity contribution in [1.29, 1.82) is 0 Å². The SMILES string of the molecule is CCn1cnc2c1c(OCC(=O)N(C)Cc1ccc(C)o1)nc(=O)n2Cc1ccccc1. The van der Waals surface area contributed by atoms with Crippen molar-refractivity contribution in [2.24, 2.45) is 0 Å². The van der Waals surface area contributed by atoms with Crippen LogP contribution in [0.2, 0.25) is 0 Å². The van der Waals surface area contributed by atoms with Gasteiger partial charge in [-0.25, -0.2) is 9.78 Å². The molecule has 0 saturated carbocycles. The van der Waals surface area contributed by atoms with E-state index in [0.717, 1.165) is 11.3 Å². The highest BCUT2D eigenvalue weighted by molar-refractivity contribution is 5.80. The van der Waals surface area contributed by atoms with Crippen LogP contribution in [0.25, 0.3) is 11.2 Å². The van der Waals surface area contributed by atoms with E-state index in [-0.39, 0.29) is 18.4 Å². The molecule has 0 aliphatic heterocycles. The standard InChI is InChI=1S/C23H25N5O4/c1-4-27-15-24-21-20(27)22(25-23(30)28(21)12-17-8-6-5-7-9-17)31-14-19(29)26(3)13-18-11-10-16(2)32-18/h5-11,15H,4,12-14H2,1-3H3. The number of carbonyl (C=O) groups excluding carboxylic acids is 1. The zero-order valence-corrected chi connectivity index (χ0v) is 18.3. The van der Waals surface area contributed by atoms with Crippen LogP contribution in [0.15, 0.2) is 58.0 Å². The normalized spacial score (nSPS) is 11.1. The fourth-order valence-corrected chi connectivity index (χ4v) is 3.46. The minimum Gasteiger partial charge on any atom is -0.466 e. The van der Waals surface area contributed by atoms with E-state index in [1.807, 2.05) is 60.9 Å². The van der Waals surface area contributed by atoms with E-state index in [1.54, 1.807) is 13.4 Å². The molecule has 166 valence electrons. The number of furan rings is 1. The molecule has 9 heteroatoms. The van der Waals surface area contributed by atoms with Crippen molar-refractivity contribution in [2.45, 2.75) is 33.5 Å². The minimum atomic E-state index is -0.482. The topological polar surface area (TPSA) is 95.4 Å². The van der Waals surface area contributed by atoms with Crippen LogP contribution in [0, 0.1) is 6.92 Å². The van der Waals surface area contributed by atoms with Crippen LogP contribution >= 0.6 is 0 Å². The smallest absolute Gasteiger partial charge is 0.352 e. The van der Waals surface area contributed by atoms with Gasteiger partial charge in [0.1, 0.15) is 17.0 Å². The predicted molar refractivity (Wildman–Crippen MR) is 118 cm³/mol. The van der Waals surface area contributed by atoms with E-state index in [0.29, 0.717) is 36.6 Å². The molecule has 0 atom stereocenters. The van der Waals surface area contributed by atoms with Gasteiger partial charge >= 0.3 is 5.69 Å². The van der Waals surface area contributed by atoms with Gasteiger partial charge in [-0.05, 0) is 31.5 Å². The fourth-order valence-electron chi connectivity index (χ4n) is 3.46. The molecule has 0 aliphatic carbocycles. The van der Waals surface area contributed by atoms with Crippen LogP contribution in [-0.2, 0) is 24.4 Å². The predicted octanol–water partition coefficient (Wildman–Crippen LogP) is 2.60. The van der Waals surface area contributed by atoms with Crippen LogP contribution in [0.3, 0.4) is 0 Å². The largest absolute Gasteiger partial charge is 0.466 e. The third kappa shape index (κ3) is 4.41. The number of fused-ring (bicyclic) bond motifs is 1. The van der Waals surface area contributed by atoms with E-state index in [9.17, 15) is 9.59 Å². The second-order valence-corrected chi connectivity index (χ2v) is 7.52. The average molecular weight is 435 g/mol. The number of benzene rings is 1. The molecule has 0 aliphatic rings. The molecule has 4 aromatic rings. The molecule has 1 aromatic carbocycles. The Kier molecular flexibility index (Phi) is 6.07. The molecule has 4 rings (SSSR count). The molecule has 32 heavy (non-hydrogen) atoms. The molecule has 1 amide bonds. The Balaban J connectivity index is 1.57. The van der Waals surface area contributed by atoms with Gasteiger partial charge in [-0.2, -0.15) is 4.98 Å². The Morgan fingerprint density at radius 1 is 1.19 bits per heavy atom. The lowest BCUT2D eigenvalue weighted by Crippen LogP contribution is -2.32. The van der Waals surface area contributed by atoms with Gasteiger partial charge in [0.25, 0.3) is 5.91 Å². The van der Waals surface area contributed by atoms with Gasteiger partial charge in [0.15, 0.2) is 12.3 Å². The van der Waals surface area contributed by atoms with Gasteiger partial charge in [-0.3, -0.25) is 9.36 Å². The van der Waals surface area contributed by atoms with Crippen LogP contribution in [-0.4, -0.2) is 43.6 Å². The van der Waals surface area contributed by atoms with Crippen molar-refractivity contribution >= 4 is 17.1 Å². The van der Waals surface area contributed by atoms with E-state index < -0.39 is 5.69 Å². The van der Waals surface area contributed by atoms with Crippen molar-refractivity contribution in [3.05, 3.63) is 76.4 Å². The summed E-state index contributed by atoms with van der Waals surface area (Å²) < 4.78 is 14.6. The third-order valence-corrected chi connectivity index (χ3v) is 5.18. The summed E-state index contributed by atoms with van der Waals surface area (Å²) in [7, 11) is 1.67. The van der Waals surface area contributed by atoms with Crippen molar-refractivity contribution < 1.29 is 13.9 Å². The number of nitrogens with zero attached hydrogens (tertiary/aromatic N) is 5. The second-order valence-electron chi connectivity index (χ2n) is 7.52. The van der Waals surface area contributed by atoms with Crippen LogP contribution in [0.5, 0.6) is 5.88 Å². The lowest BCUT2D eigenvalue weighted by atomic mass is 10.2. The zero-order chi connectivity index (χ0) is 22.7. The number of ether oxygens (including phenoxy) is 1. The maximum absolute atomic E-state index is 12.8. The van der Waals surface area contributed by atoms with Crippen molar-refractivity contribution in [3.8, 4) is 5.88 Å². The second kappa shape index (κ2) is 9.09. The molecule has 0 unspecified atom stereocenters. The summed E-state index contributed by atoms with van der Waals surface area (Å²) in [5.74, 6) is 1.31. The summed E-state index contributed by atoms with van der Waals surface area (Å²) in [5, 5.41) is 0. The summed E-state index contributed by atoms with van der Waals surface area (Å²) in [6.07, 6.45) is 1.65. The van der Waals surface area contributed by atoms with Gasteiger partial charge in [-0.15, -0.1) is 0 Å². The number of hydrogen-bond acceptors (Lipinski definition) is 6. The Hall–Kier alpha value is -3.88. The number of rotatable bonds is 8. The lowest BCUT2D eigenvalue weighted by Gasteiger charge is -2.16. The van der Waals surface area contributed by atoms with Crippen LogP contribution in [0.1, 0.15) is 24.0 Å². The number of amides is 1. The third-order valence-electron chi connectivity index (χ3n) is 5.18. The first kappa shape index (κ1) is 21.4. The van der Waals surface area contributed by atoms with E-state index >= 15 is 0 Å². The van der Waals surface area contributed by atoms with Crippen LogP contribution in [0.4, 0.5) is 0 Å². The Morgan fingerprint density at radius 3 is 2.66 bits per heavy atom. The summed E-state index contributed by atoms with van der Waals surface area (Å²) in [6, 6.07) is 13.3. The molecule has 0 radical (unpaired) electrons. The molecule has 0 fully saturated rings. The number of hydrogen-bond donors (Lipinski definition) is 0. The van der Waals surface area contributed by atoms with Crippen molar-refractivity contribution in [3.63, 3.8) is 0 Å². The maximum atomic E-state index is 12.8. The first-order valence-electron chi connectivity index (χ1n) is 10.4. The summed E-state index contributed by atoms with van der Waals surface area (Å²) in [5.41, 5.74) is 1.53. The highest BCUT2D eigenvalue weighted by Crippen LogP contribution is 2.22. The number of imidazole rings is 1. The van der Waals surface area contributed by atoms with Crippen molar-refractivity contribution in [2.75, 3.05) is 13.7 Å². The first-order valence-corrected chi connectivity index (χ1v) is 10.4. The number of aromatic nitrogens is 4. The summed E-state index contributed by atoms with van der Waals surface area (Å²) >= 11 is 0. The molecular formula is C23H25N5O4. The van der Waals surface area contributed by atoms with E-state index in [4.69, 9.17) is 9.15 Å². The van der Waals surface area contributed by atoms with Gasteiger partial charge in [0.2, 0.25) is 5.88 Å². The van der Waals surface area contributed by atoms with E-state index in [2.05, 4.69) is 9.97 Å². The lowest BCUT2D eigenvalue weighted by molar-refractivity contribution is -0.132. The van der Waals surface area contributed by atoms with Crippen molar-refractivity contribution in [1.82, 2.24) is 24.0 Å². The van der Waals surface area contributed by atoms with E-state index in [1.165, 1.54) is 9.47 Å². The number of aryl methyl sites for hydroxylation is 2. The average Bonchev–Trinajstić information content (AvgIpc) is 3.40. The van der Waals surface area contributed by atoms with Gasteiger partial charge in [-0.1, -0.05) is 30.3 Å². The number of carbonyl (C=O) groups is 1. The Morgan fingerprint density at radius 2 is 1.97 bits per heavy atom. The van der Waals surface area contributed by atoms with Gasteiger partial charge in [0, 0.05) is 13.6 Å². The molecule has 0 saturated heterocycles. The molecule has 9 nitrogen and oxygen atoms in total. The number of likely N-dealkylation sites (N-methyl/N-ethyl adjacent to an activating group) is 1. The van der Waals surface area contributed by atoms with Gasteiger partial charge in [0.05, 0.1) is 19.4 Å². The molecule has 3 heterocycles. The summed E-state index contributed by atoms with van der Waals surface area (Å²) in [4.78, 5) is 35.4. The fraction of sp³-hybridized carbons (Fsp3) is 0.304. The minimum absolute atomic E-state index is 0.101. The molecule has 3 aromatic heterocycles. The quantitative estimate of drug-likeness (QED) is 0.422. The Labute approximate surface area is 184 Å². The molecule has 0 spiro atoms.